The van der Waals surface area contributed by atoms with Gasteiger partial charge in [0.15, 0.2) is 0 Å². The van der Waals surface area contributed by atoms with Gasteiger partial charge in [-0.15, -0.1) is 0 Å². The fourth-order valence-corrected chi connectivity index (χ4v) is 2.81. The van der Waals surface area contributed by atoms with E-state index < -0.39 is 0 Å². The van der Waals surface area contributed by atoms with Crippen molar-refractivity contribution in [2.24, 2.45) is 5.92 Å². The maximum absolute atomic E-state index is 12.2. The summed E-state index contributed by atoms with van der Waals surface area (Å²) in [5, 5.41) is 3.04. The third-order valence-electron chi connectivity index (χ3n) is 4.22. The Bertz CT molecular complexity index is 318. The molecule has 1 aliphatic rings. The molecule has 0 aromatic carbocycles. The van der Waals surface area contributed by atoms with Crippen molar-refractivity contribution in [2.75, 3.05) is 19.6 Å². The third kappa shape index (κ3) is 6.96. The molecular formula is C17H32N2O2. The van der Waals surface area contributed by atoms with Crippen molar-refractivity contribution in [2.45, 2.75) is 71.6 Å². The van der Waals surface area contributed by atoms with Crippen LogP contribution in [-0.4, -0.2) is 36.3 Å². The topological polar surface area (TPSA) is 49.4 Å². The van der Waals surface area contributed by atoms with Crippen molar-refractivity contribution >= 4 is 11.8 Å². The normalized spacial score (nSPS) is 18.6. The van der Waals surface area contributed by atoms with Crippen molar-refractivity contribution in [1.82, 2.24) is 10.2 Å². The number of rotatable bonds is 9. The SMILES string of the molecule is CCCCCCNC(=O)C1CCCN(C(=O)CCCC)C1. The Hall–Kier alpha value is -1.06. The molecule has 21 heavy (non-hydrogen) atoms. The van der Waals surface area contributed by atoms with Gasteiger partial charge in [0.05, 0.1) is 5.92 Å². The molecule has 1 saturated heterocycles. The van der Waals surface area contributed by atoms with Gasteiger partial charge < -0.3 is 10.2 Å². The zero-order valence-corrected chi connectivity index (χ0v) is 13.8. The van der Waals surface area contributed by atoms with Crippen LogP contribution in [0.25, 0.3) is 0 Å². The molecular weight excluding hydrogens is 264 g/mol. The van der Waals surface area contributed by atoms with Crippen LogP contribution in [0.5, 0.6) is 0 Å². The van der Waals surface area contributed by atoms with Gasteiger partial charge in [0.25, 0.3) is 0 Å². The lowest BCUT2D eigenvalue weighted by atomic mass is 9.96. The Morgan fingerprint density at radius 2 is 1.86 bits per heavy atom. The molecule has 4 heteroatoms. The second kappa shape index (κ2) is 10.6. The van der Waals surface area contributed by atoms with Crippen LogP contribution in [0.1, 0.15) is 71.6 Å². The lowest BCUT2D eigenvalue weighted by Crippen LogP contribution is -2.45. The molecule has 1 atom stereocenters. The van der Waals surface area contributed by atoms with E-state index in [1.807, 2.05) is 4.90 Å². The fraction of sp³-hybridized carbons (Fsp3) is 0.882. The third-order valence-corrected chi connectivity index (χ3v) is 4.22. The largest absolute Gasteiger partial charge is 0.356 e. The molecule has 1 fully saturated rings. The molecule has 0 bridgehead atoms. The molecule has 1 unspecified atom stereocenters. The van der Waals surface area contributed by atoms with Crippen LogP contribution >= 0.6 is 0 Å². The number of likely N-dealkylation sites (tertiary alicyclic amines) is 1. The van der Waals surface area contributed by atoms with Crippen LogP contribution < -0.4 is 5.32 Å². The van der Waals surface area contributed by atoms with Crippen molar-refractivity contribution in [3.8, 4) is 0 Å². The van der Waals surface area contributed by atoms with Crippen molar-refractivity contribution < 1.29 is 9.59 Å². The average molecular weight is 296 g/mol. The molecule has 0 aliphatic carbocycles. The van der Waals surface area contributed by atoms with Crippen LogP contribution in [-0.2, 0) is 9.59 Å². The molecule has 0 saturated carbocycles. The molecule has 4 nitrogen and oxygen atoms in total. The Kier molecular flexibility index (Phi) is 9.11. The van der Waals surface area contributed by atoms with Gasteiger partial charge in [0.1, 0.15) is 0 Å². The quantitative estimate of drug-likeness (QED) is 0.665. The maximum Gasteiger partial charge on any atom is 0.224 e. The summed E-state index contributed by atoms with van der Waals surface area (Å²) < 4.78 is 0. The molecule has 0 aromatic rings. The van der Waals surface area contributed by atoms with E-state index in [9.17, 15) is 9.59 Å². The predicted octanol–water partition coefficient (Wildman–Crippen LogP) is 3.11. The van der Waals surface area contributed by atoms with E-state index in [-0.39, 0.29) is 17.7 Å². The molecule has 122 valence electrons. The minimum absolute atomic E-state index is 0.00417. The number of nitrogens with one attached hydrogen (secondary N) is 1. The minimum atomic E-state index is -0.00417. The number of nitrogens with zero attached hydrogens (tertiary/aromatic N) is 1. The van der Waals surface area contributed by atoms with E-state index in [4.69, 9.17) is 0 Å². The highest BCUT2D eigenvalue weighted by atomic mass is 16.2. The Morgan fingerprint density at radius 3 is 2.57 bits per heavy atom. The van der Waals surface area contributed by atoms with Gasteiger partial charge in [0, 0.05) is 26.1 Å². The second-order valence-corrected chi connectivity index (χ2v) is 6.13. The highest BCUT2D eigenvalue weighted by molar-refractivity contribution is 5.81. The molecule has 1 rings (SSSR count). The van der Waals surface area contributed by atoms with E-state index in [1.165, 1.54) is 19.3 Å². The number of hydrogen-bond donors (Lipinski definition) is 1. The van der Waals surface area contributed by atoms with E-state index in [0.29, 0.717) is 13.0 Å². The van der Waals surface area contributed by atoms with Crippen molar-refractivity contribution in [3.63, 3.8) is 0 Å². The first-order valence-electron chi connectivity index (χ1n) is 8.74. The minimum Gasteiger partial charge on any atom is -0.356 e. The zero-order valence-electron chi connectivity index (χ0n) is 13.8. The summed E-state index contributed by atoms with van der Waals surface area (Å²) in [6, 6.07) is 0. The lowest BCUT2D eigenvalue weighted by molar-refractivity contribution is -0.135. The molecule has 0 spiro atoms. The Labute approximate surface area is 129 Å². The van der Waals surface area contributed by atoms with Crippen LogP contribution in [0.4, 0.5) is 0 Å². The number of unbranched alkanes of at least 4 members (excludes halogenated alkanes) is 4. The summed E-state index contributed by atoms with van der Waals surface area (Å²) in [7, 11) is 0. The highest BCUT2D eigenvalue weighted by Crippen LogP contribution is 2.18. The number of carbonyl (C=O) groups excluding carboxylic acids is 2. The smallest absolute Gasteiger partial charge is 0.224 e. The number of hydrogen-bond acceptors (Lipinski definition) is 2. The summed E-state index contributed by atoms with van der Waals surface area (Å²) in [5.41, 5.74) is 0. The average Bonchev–Trinajstić information content (AvgIpc) is 2.52. The Morgan fingerprint density at radius 1 is 1.10 bits per heavy atom. The van der Waals surface area contributed by atoms with Gasteiger partial charge >= 0.3 is 0 Å². The standard InChI is InChI=1S/C17H32N2O2/c1-3-5-7-8-12-18-17(21)15-10-9-13-19(14-15)16(20)11-6-4-2/h15H,3-14H2,1-2H3,(H,18,21). The number of amides is 2. The van der Waals surface area contributed by atoms with Gasteiger partial charge in [-0.2, -0.15) is 0 Å². The monoisotopic (exact) mass is 296 g/mol. The van der Waals surface area contributed by atoms with Crippen molar-refractivity contribution in [3.05, 3.63) is 0 Å². The van der Waals surface area contributed by atoms with E-state index in [2.05, 4.69) is 19.2 Å². The molecule has 1 heterocycles. The van der Waals surface area contributed by atoms with E-state index >= 15 is 0 Å². The predicted molar refractivity (Wildman–Crippen MR) is 86.0 cm³/mol. The first kappa shape index (κ1) is 18.0. The van der Waals surface area contributed by atoms with Gasteiger partial charge in [-0.3, -0.25) is 9.59 Å². The summed E-state index contributed by atoms with van der Waals surface area (Å²) in [6.07, 6.45) is 9.18. The highest BCUT2D eigenvalue weighted by Gasteiger charge is 2.27. The van der Waals surface area contributed by atoms with Gasteiger partial charge in [-0.25, -0.2) is 0 Å². The summed E-state index contributed by atoms with van der Waals surface area (Å²) in [5.74, 6) is 0.354. The van der Waals surface area contributed by atoms with Crippen molar-refractivity contribution in [1.29, 1.82) is 0 Å². The summed E-state index contributed by atoms with van der Waals surface area (Å²) in [4.78, 5) is 26.1. The molecule has 1 aliphatic heterocycles. The van der Waals surface area contributed by atoms with Gasteiger partial charge in [-0.1, -0.05) is 39.5 Å². The van der Waals surface area contributed by atoms with E-state index in [1.54, 1.807) is 0 Å². The van der Waals surface area contributed by atoms with Crippen LogP contribution in [0.2, 0.25) is 0 Å². The van der Waals surface area contributed by atoms with Crippen LogP contribution in [0.15, 0.2) is 0 Å². The summed E-state index contributed by atoms with van der Waals surface area (Å²) in [6.45, 7) is 6.49. The lowest BCUT2D eigenvalue weighted by Gasteiger charge is -2.32. The number of piperidine rings is 1. The molecule has 1 N–H and O–H groups in total. The van der Waals surface area contributed by atoms with Gasteiger partial charge in [0.2, 0.25) is 11.8 Å². The molecule has 2 amide bonds. The fourth-order valence-electron chi connectivity index (χ4n) is 2.81. The zero-order chi connectivity index (χ0) is 15.5. The first-order chi connectivity index (χ1) is 10.2. The molecule has 0 radical (unpaired) electrons. The van der Waals surface area contributed by atoms with Crippen LogP contribution in [0.3, 0.4) is 0 Å². The van der Waals surface area contributed by atoms with Crippen LogP contribution in [0, 0.1) is 5.92 Å². The first-order valence-corrected chi connectivity index (χ1v) is 8.74. The summed E-state index contributed by atoms with van der Waals surface area (Å²) >= 11 is 0. The molecule has 0 aromatic heterocycles. The van der Waals surface area contributed by atoms with E-state index in [0.717, 1.165) is 45.2 Å². The van der Waals surface area contributed by atoms with Gasteiger partial charge in [-0.05, 0) is 25.7 Å². The maximum atomic E-state index is 12.2. The second-order valence-electron chi connectivity index (χ2n) is 6.13. The number of carbonyl (C=O) groups is 2. The Balaban J connectivity index is 2.27.